The summed E-state index contributed by atoms with van der Waals surface area (Å²) in [7, 11) is -2.32. The van der Waals surface area contributed by atoms with Crippen LogP contribution in [0.3, 0.4) is 0 Å². The molecule has 0 aliphatic heterocycles. The molecule has 4 nitrogen and oxygen atoms in total. The average molecular weight is 441 g/mol. The summed E-state index contributed by atoms with van der Waals surface area (Å²) in [5.41, 5.74) is -0.544. The van der Waals surface area contributed by atoms with Crippen LogP contribution in [0.2, 0.25) is 0 Å². The van der Waals surface area contributed by atoms with E-state index in [0.29, 0.717) is 16.2 Å². The van der Waals surface area contributed by atoms with Gasteiger partial charge in [-0.25, -0.2) is 17.5 Å². The molecule has 2 aromatic carbocycles. The molecule has 10 heteroatoms. The highest BCUT2D eigenvalue weighted by Gasteiger charge is 2.31. The minimum atomic E-state index is -4.61. The maximum absolute atomic E-state index is 13.8. The van der Waals surface area contributed by atoms with Gasteiger partial charge < -0.3 is 5.32 Å². The second kappa shape index (κ2) is 7.30. The zero-order chi connectivity index (χ0) is 18.8. The van der Waals surface area contributed by atoms with Crippen LogP contribution in [0.25, 0.3) is 0 Å². The van der Waals surface area contributed by atoms with E-state index in [0.717, 1.165) is 12.1 Å². The quantitative estimate of drug-likeness (QED) is 0.687. The van der Waals surface area contributed by atoms with Gasteiger partial charge in [0.25, 0.3) is 0 Å². The van der Waals surface area contributed by atoms with Crippen molar-refractivity contribution in [3.05, 3.63) is 57.8 Å². The predicted octanol–water partition coefficient (Wildman–Crippen LogP) is 4.13. The molecule has 0 aromatic heterocycles. The molecule has 0 saturated carbocycles. The monoisotopic (exact) mass is 440 g/mol. The van der Waals surface area contributed by atoms with Crippen molar-refractivity contribution in [2.24, 2.45) is 0 Å². The Balaban J connectivity index is 2.17. The van der Waals surface area contributed by atoms with Gasteiger partial charge in [-0.1, -0.05) is 6.07 Å². The van der Waals surface area contributed by atoms with Crippen molar-refractivity contribution in [1.82, 2.24) is 4.72 Å². The first-order valence-corrected chi connectivity index (χ1v) is 9.15. The molecule has 2 aromatic rings. The van der Waals surface area contributed by atoms with Crippen molar-refractivity contribution in [1.29, 1.82) is 0 Å². The van der Waals surface area contributed by atoms with Crippen LogP contribution in [0.4, 0.5) is 23.2 Å². The zero-order valence-corrected chi connectivity index (χ0v) is 15.2. The molecule has 0 unspecified atom stereocenters. The topological polar surface area (TPSA) is 58.2 Å². The summed E-state index contributed by atoms with van der Waals surface area (Å²) >= 11 is 3.20. The van der Waals surface area contributed by atoms with Gasteiger partial charge in [-0.3, -0.25) is 0 Å². The highest BCUT2D eigenvalue weighted by atomic mass is 79.9. The normalized spacial score (nSPS) is 12.2. The number of hydrogen-bond donors (Lipinski definition) is 2. The Morgan fingerprint density at radius 1 is 1.12 bits per heavy atom. The SMILES string of the molecule is CNS(=O)(=O)c1ccc(NCc2ccc(C(F)(F)F)cc2F)c(Br)c1. The minimum absolute atomic E-state index is 0.0353. The zero-order valence-electron chi connectivity index (χ0n) is 12.8. The maximum Gasteiger partial charge on any atom is 0.416 e. The van der Waals surface area contributed by atoms with E-state index in [-0.39, 0.29) is 17.0 Å². The lowest BCUT2D eigenvalue weighted by molar-refractivity contribution is -0.137. The van der Waals surface area contributed by atoms with Gasteiger partial charge in [0.15, 0.2) is 0 Å². The molecule has 2 N–H and O–H groups in total. The van der Waals surface area contributed by atoms with Crippen LogP contribution < -0.4 is 10.0 Å². The first kappa shape index (κ1) is 19.7. The molecule has 0 heterocycles. The molecule has 136 valence electrons. The third-order valence-corrected chi connectivity index (χ3v) is 5.44. The Bertz CT molecular complexity index is 886. The Labute approximate surface area is 150 Å². The first-order chi connectivity index (χ1) is 11.5. The van der Waals surface area contributed by atoms with Crippen molar-refractivity contribution >= 4 is 31.6 Å². The number of halogens is 5. The van der Waals surface area contributed by atoms with Gasteiger partial charge in [0.1, 0.15) is 5.82 Å². The van der Waals surface area contributed by atoms with E-state index in [1.165, 1.54) is 25.2 Å². The van der Waals surface area contributed by atoms with E-state index in [4.69, 9.17) is 0 Å². The molecule has 0 atom stereocenters. The van der Waals surface area contributed by atoms with E-state index in [9.17, 15) is 26.0 Å². The van der Waals surface area contributed by atoms with E-state index >= 15 is 0 Å². The Hall–Kier alpha value is -1.65. The summed E-state index contributed by atoms with van der Waals surface area (Å²) in [5.74, 6) is -0.979. The third-order valence-electron chi connectivity index (χ3n) is 3.37. The summed E-state index contributed by atoms with van der Waals surface area (Å²) in [6.07, 6.45) is -4.61. The lowest BCUT2D eigenvalue weighted by atomic mass is 10.1. The van der Waals surface area contributed by atoms with Crippen molar-refractivity contribution in [3.8, 4) is 0 Å². The average Bonchev–Trinajstić information content (AvgIpc) is 2.53. The molecular formula is C15H13BrF4N2O2S. The summed E-state index contributed by atoms with van der Waals surface area (Å²) < 4.78 is 77.4. The lowest BCUT2D eigenvalue weighted by Crippen LogP contribution is -2.18. The van der Waals surface area contributed by atoms with E-state index < -0.39 is 27.6 Å². The standard InChI is InChI=1S/C15H13BrF4N2O2S/c1-21-25(23,24)11-4-5-14(12(16)7-11)22-8-9-2-3-10(6-13(9)17)15(18,19)20/h2-7,21-22H,8H2,1H3. The molecule has 25 heavy (non-hydrogen) atoms. The fourth-order valence-corrected chi connectivity index (χ4v) is 3.41. The molecule has 0 aliphatic rings. The van der Waals surface area contributed by atoms with Gasteiger partial charge in [-0.2, -0.15) is 13.2 Å². The molecule has 2 rings (SSSR count). The van der Waals surface area contributed by atoms with Gasteiger partial charge in [0.05, 0.1) is 10.5 Å². The van der Waals surface area contributed by atoms with Crippen molar-refractivity contribution in [2.45, 2.75) is 17.6 Å². The van der Waals surface area contributed by atoms with Crippen molar-refractivity contribution in [2.75, 3.05) is 12.4 Å². The first-order valence-electron chi connectivity index (χ1n) is 6.87. The fourth-order valence-electron chi connectivity index (χ4n) is 1.98. The maximum atomic E-state index is 13.8. The fraction of sp³-hybridized carbons (Fsp3) is 0.200. The van der Waals surface area contributed by atoms with Crippen LogP contribution in [0.15, 0.2) is 45.8 Å². The number of hydrogen-bond acceptors (Lipinski definition) is 3. The molecule has 0 saturated heterocycles. The Morgan fingerprint density at radius 2 is 1.80 bits per heavy atom. The highest BCUT2D eigenvalue weighted by Crippen LogP contribution is 2.31. The number of anilines is 1. The summed E-state index contributed by atoms with van der Waals surface area (Å²) in [4.78, 5) is 0.0353. The summed E-state index contributed by atoms with van der Waals surface area (Å²) in [6, 6.07) is 6.47. The van der Waals surface area contributed by atoms with E-state index in [2.05, 4.69) is 26.0 Å². The molecule has 0 fully saturated rings. The number of benzene rings is 2. The lowest BCUT2D eigenvalue weighted by Gasteiger charge is -2.12. The Morgan fingerprint density at radius 3 is 2.32 bits per heavy atom. The largest absolute Gasteiger partial charge is 0.416 e. The van der Waals surface area contributed by atoms with Gasteiger partial charge >= 0.3 is 6.18 Å². The molecule has 0 radical (unpaired) electrons. The number of alkyl halides is 3. The van der Waals surface area contributed by atoms with Crippen LogP contribution in [-0.2, 0) is 22.7 Å². The molecule has 0 amide bonds. The van der Waals surface area contributed by atoms with Crippen LogP contribution in [0.1, 0.15) is 11.1 Å². The van der Waals surface area contributed by atoms with E-state index in [1.807, 2.05) is 0 Å². The second-order valence-electron chi connectivity index (χ2n) is 5.01. The molecule has 0 aliphatic carbocycles. The predicted molar refractivity (Wildman–Crippen MR) is 89.1 cm³/mol. The van der Waals surface area contributed by atoms with Crippen LogP contribution >= 0.6 is 15.9 Å². The van der Waals surface area contributed by atoms with Gasteiger partial charge in [-0.05, 0) is 53.3 Å². The summed E-state index contributed by atoms with van der Waals surface area (Å²) in [5, 5.41) is 2.84. The van der Waals surface area contributed by atoms with Gasteiger partial charge in [0.2, 0.25) is 10.0 Å². The second-order valence-corrected chi connectivity index (χ2v) is 7.75. The van der Waals surface area contributed by atoms with Crippen molar-refractivity contribution < 1.29 is 26.0 Å². The molecule has 0 bridgehead atoms. The number of rotatable bonds is 5. The third kappa shape index (κ3) is 4.71. The molecule has 0 spiro atoms. The van der Waals surface area contributed by atoms with Gasteiger partial charge in [0, 0.05) is 22.3 Å². The number of sulfonamides is 1. The number of nitrogens with one attached hydrogen (secondary N) is 2. The van der Waals surface area contributed by atoms with E-state index in [1.54, 1.807) is 0 Å². The van der Waals surface area contributed by atoms with Gasteiger partial charge in [-0.15, -0.1) is 0 Å². The Kier molecular flexibility index (Phi) is 5.75. The molecular weight excluding hydrogens is 428 g/mol. The van der Waals surface area contributed by atoms with Crippen LogP contribution in [0.5, 0.6) is 0 Å². The highest BCUT2D eigenvalue weighted by molar-refractivity contribution is 9.10. The van der Waals surface area contributed by atoms with Crippen LogP contribution in [0, 0.1) is 5.82 Å². The smallest absolute Gasteiger partial charge is 0.380 e. The summed E-state index contributed by atoms with van der Waals surface area (Å²) in [6.45, 7) is -0.0688. The van der Waals surface area contributed by atoms with Crippen molar-refractivity contribution in [3.63, 3.8) is 0 Å². The minimum Gasteiger partial charge on any atom is -0.380 e. The van der Waals surface area contributed by atoms with Crippen LogP contribution in [-0.4, -0.2) is 15.5 Å².